The van der Waals surface area contributed by atoms with Gasteiger partial charge >= 0.3 is 0 Å². The summed E-state index contributed by atoms with van der Waals surface area (Å²) < 4.78 is 34.2. The van der Waals surface area contributed by atoms with E-state index < -0.39 is 5.41 Å². The molecular weight excluding hydrogens is 524 g/mol. The molecule has 0 bridgehead atoms. The molecule has 2 aliphatic heterocycles. The Balaban J connectivity index is 1.38. The highest BCUT2D eigenvalue weighted by atomic mass is 16.7. The highest BCUT2D eigenvalue weighted by Gasteiger charge is 2.32. The van der Waals surface area contributed by atoms with Gasteiger partial charge in [-0.05, 0) is 87.1 Å². The highest BCUT2D eigenvalue weighted by molar-refractivity contribution is 6.16. The third-order valence-electron chi connectivity index (χ3n) is 7.25. The average Bonchev–Trinajstić information content (AvgIpc) is 3.00. The van der Waals surface area contributed by atoms with Gasteiger partial charge in [0.05, 0.1) is 32.8 Å². The molecule has 0 radical (unpaired) electrons. The quantitative estimate of drug-likeness (QED) is 0.216. The van der Waals surface area contributed by atoms with Gasteiger partial charge in [-0.1, -0.05) is 24.3 Å². The predicted octanol–water partition coefficient (Wildman–Crippen LogP) is 6.41. The van der Waals surface area contributed by atoms with Crippen molar-refractivity contribution in [3.8, 4) is 23.0 Å². The molecule has 0 spiro atoms. The van der Waals surface area contributed by atoms with Crippen LogP contribution in [0.2, 0.25) is 0 Å². The molecular formula is C33H40O8. The van der Waals surface area contributed by atoms with Crippen molar-refractivity contribution in [1.29, 1.82) is 0 Å². The van der Waals surface area contributed by atoms with Crippen LogP contribution < -0.4 is 18.9 Å². The fourth-order valence-electron chi connectivity index (χ4n) is 4.54. The summed E-state index contributed by atoms with van der Waals surface area (Å²) in [6, 6.07) is 10.8. The van der Waals surface area contributed by atoms with Gasteiger partial charge in [-0.2, -0.15) is 0 Å². The molecule has 0 amide bonds. The number of rotatable bonds is 12. The van der Waals surface area contributed by atoms with Crippen LogP contribution in [0.3, 0.4) is 0 Å². The second-order valence-corrected chi connectivity index (χ2v) is 10.7. The Hall–Kier alpha value is -3.62. The molecule has 2 aliphatic rings. The molecule has 2 saturated heterocycles. The maximum atomic E-state index is 13.0. The average molecular weight is 565 g/mol. The molecule has 8 heteroatoms. The van der Waals surface area contributed by atoms with Crippen LogP contribution >= 0.6 is 0 Å². The van der Waals surface area contributed by atoms with Crippen molar-refractivity contribution >= 4 is 23.7 Å². The number of methoxy groups -OCH3 is 2. The molecule has 2 aromatic carbocycles. The van der Waals surface area contributed by atoms with Gasteiger partial charge in [-0.25, -0.2) is 0 Å². The second kappa shape index (κ2) is 14.3. The summed E-state index contributed by atoms with van der Waals surface area (Å²) in [6.45, 7) is 4.61. The van der Waals surface area contributed by atoms with E-state index in [0.29, 0.717) is 36.2 Å². The molecule has 8 nitrogen and oxygen atoms in total. The first-order valence-electron chi connectivity index (χ1n) is 14.2. The molecule has 0 aliphatic carbocycles. The lowest BCUT2D eigenvalue weighted by atomic mass is 9.82. The number of ether oxygens (including phenoxy) is 6. The van der Waals surface area contributed by atoms with Gasteiger partial charge in [0.25, 0.3) is 0 Å². The second-order valence-electron chi connectivity index (χ2n) is 10.7. The molecule has 2 atom stereocenters. The number of benzene rings is 2. The largest absolute Gasteiger partial charge is 0.493 e. The first-order valence-corrected chi connectivity index (χ1v) is 14.2. The number of ketones is 2. The maximum absolute atomic E-state index is 13.0. The van der Waals surface area contributed by atoms with E-state index in [1.54, 1.807) is 64.5 Å². The lowest BCUT2D eigenvalue weighted by molar-refractivity contribution is -0.132. The van der Waals surface area contributed by atoms with Crippen molar-refractivity contribution < 1.29 is 38.0 Å². The molecule has 0 N–H and O–H groups in total. The van der Waals surface area contributed by atoms with Crippen molar-refractivity contribution in [2.75, 3.05) is 27.4 Å². The number of carbonyl (C=O) groups excluding carboxylic acids is 2. The van der Waals surface area contributed by atoms with E-state index in [0.717, 1.165) is 49.7 Å². The van der Waals surface area contributed by atoms with Crippen molar-refractivity contribution in [3.63, 3.8) is 0 Å². The van der Waals surface area contributed by atoms with Gasteiger partial charge in [0.2, 0.25) is 0 Å². The van der Waals surface area contributed by atoms with Gasteiger partial charge in [0, 0.05) is 12.8 Å². The van der Waals surface area contributed by atoms with Crippen LogP contribution in [-0.2, 0) is 19.1 Å². The SMILES string of the molecule is COc1cc(/C=C/C(=O)C(C)(C)C(=O)/C=C/c2ccc(OC3CCCCO3)c(OC)c2)ccc1OC1CCCCO1. The minimum Gasteiger partial charge on any atom is -0.493 e. The van der Waals surface area contributed by atoms with Crippen LogP contribution in [0.5, 0.6) is 23.0 Å². The van der Waals surface area contributed by atoms with E-state index in [1.807, 2.05) is 12.1 Å². The van der Waals surface area contributed by atoms with Gasteiger partial charge in [-0.3, -0.25) is 9.59 Å². The Bertz CT molecular complexity index is 1150. The summed E-state index contributed by atoms with van der Waals surface area (Å²) in [4.78, 5) is 26.1. The molecule has 2 aromatic rings. The Morgan fingerprint density at radius 1 is 0.707 bits per heavy atom. The predicted molar refractivity (Wildman–Crippen MR) is 156 cm³/mol. The standard InChI is InChI=1S/C33H40O8/c1-33(2,29(34)17-13-23-11-15-25(27(21-23)36-3)40-31-9-5-7-19-38-31)30(35)18-14-24-12-16-26(28(22-24)37-4)41-32-10-6-8-20-39-32/h11-18,21-22,31-32H,5-10,19-20H2,1-4H3/b17-13+,18-14+. The van der Waals surface area contributed by atoms with Gasteiger partial charge in [-0.15, -0.1) is 0 Å². The van der Waals surface area contributed by atoms with Crippen LogP contribution in [0.25, 0.3) is 12.2 Å². The zero-order chi connectivity index (χ0) is 29.2. The molecule has 0 aromatic heterocycles. The summed E-state index contributed by atoms with van der Waals surface area (Å²) in [5.74, 6) is 1.64. The molecule has 2 unspecified atom stereocenters. The highest BCUT2D eigenvalue weighted by Crippen LogP contribution is 2.33. The lowest BCUT2D eigenvalue weighted by Crippen LogP contribution is -2.30. The van der Waals surface area contributed by atoms with Crippen molar-refractivity contribution in [2.45, 2.75) is 65.0 Å². The van der Waals surface area contributed by atoms with Gasteiger partial charge in [0.1, 0.15) is 0 Å². The monoisotopic (exact) mass is 564 g/mol. The third-order valence-corrected chi connectivity index (χ3v) is 7.25. The Morgan fingerprint density at radius 3 is 1.51 bits per heavy atom. The molecule has 2 heterocycles. The van der Waals surface area contributed by atoms with E-state index in [1.165, 1.54) is 12.2 Å². The van der Waals surface area contributed by atoms with Crippen molar-refractivity contribution in [1.82, 2.24) is 0 Å². The lowest BCUT2D eigenvalue weighted by Gasteiger charge is -2.24. The number of hydrogen-bond acceptors (Lipinski definition) is 8. The van der Waals surface area contributed by atoms with Crippen LogP contribution in [-0.4, -0.2) is 51.6 Å². The summed E-state index contributed by atoms with van der Waals surface area (Å²) in [5.41, 5.74) is 0.252. The Labute approximate surface area is 242 Å². The minimum atomic E-state index is -1.25. The van der Waals surface area contributed by atoms with Crippen LogP contribution in [0.15, 0.2) is 48.6 Å². The fraction of sp³-hybridized carbons (Fsp3) is 0.455. The Morgan fingerprint density at radius 2 is 1.15 bits per heavy atom. The molecule has 41 heavy (non-hydrogen) atoms. The van der Waals surface area contributed by atoms with E-state index in [2.05, 4.69) is 0 Å². The number of carbonyl (C=O) groups is 2. The topological polar surface area (TPSA) is 89.5 Å². The van der Waals surface area contributed by atoms with Crippen LogP contribution in [0, 0.1) is 5.41 Å². The van der Waals surface area contributed by atoms with E-state index >= 15 is 0 Å². The van der Waals surface area contributed by atoms with E-state index in [4.69, 9.17) is 28.4 Å². The zero-order valence-electron chi connectivity index (χ0n) is 24.4. The fourth-order valence-corrected chi connectivity index (χ4v) is 4.54. The maximum Gasteiger partial charge on any atom is 0.200 e. The van der Waals surface area contributed by atoms with Gasteiger partial charge in [0.15, 0.2) is 47.1 Å². The van der Waals surface area contributed by atoms with E-state index in [-0.39, 0.29) is 24.1 Å². The smallest absolute Gasteiger partial charge is 0.200 e. The summed E-state index contributed by atoms with van der Waals surface area (Å²) >= 11 is 0. The first kappa shape index (κ1) is 30.3. The third kappa shape index (κ3) is 8.21. The Kier molecular flexibility index (Phi) is 10.6. The zero-order valence-corrected chi connectivity index (χ0v) is 24.4. The first-order chi connectivity index (χ1) is 19.8. The molecule has 220 valence electrons. The van der Waals surface area contributed by atoms with E-state index in [9.17, 15) is 9.59 Å². The minimum absolute atomic E-state index is 0.288. The summed E-state index contributed by atoms with van der Waals surface area (Å²) in [6.07, 6.45) is 11.5. The normalized spacial score (nSPS) is 19.7. The van der Waals surface area contributed by atoms with Crippen LogP contribution in [0.1, 0.15) is 63.5 Å². The number of allylic oxidation sites excluding steroid dienone is 2. The molecule has 4 rings (SSSR count). The summed E-state index contributed by atoms with van der Waals surface area (Å²) in [7, 11) is 3.13. The molecule has 0 saturated carbocycles. The van der Waals surface area contributed by atoms with Crippen molar-refractivity contribution in [3.05, 3.63) is 59.7 Å². The molecule has 2 fully saturated rings. The van der Waals surface area contributed by atoms with Crippen LogP contribution in [0.4, 0.5) is 0 Å². The number of hydrogen-bond donors (Lipinski definition) is 0. The van der Waals surface area contributed by atoms with Gasteiger partial charge < -0.3 is 28.4 Å². The summed E-state index contributed by atoms with van der Waals surface area (Å²) in [5, 5.41) is 0. The van der Waals surface area contributed by atoms with Crippen molar-refractivity contribution in [2.24, 2.45) is 5.41 Å².